The van der Waals surface area contributed by atoms with Gasteiger partial charge < -0.3 is 16.4 Å². The molecule has 0 bridgehead atoms. The van der Waals surface area contributed by atoms with Gasteiger partial charge in [-0.05, 0) is 55.5 Å². The Kier molecular flexibility index (Phi) is 9.74. The number of hydrogen-bond acceptors (Lipinski definition) is 5. The van der Waals surface area contributed by atoms with Crippen LogP contribution in [0.2, 0.25) is 0 Å². The highest BCUT2D eigenvalue weighted by Crippen LogP contribution is 2.21. The van der Waals surface area contributed by atoms with E-state index in [9.17, 15) is 9.65 Å². The summed E-state index contributed by atoms with van der Waals surface area (Å²) in [5.74, 6) is 0.675. The van der Waals surface area contributed by atoms with Crippen molar-refractivity contribution in [3.63, 3.8) is 0 Å². The van der Waals surface area contributed by atoms with Gasteiger partial charge in [-0.15, -0.1) is 35.3 Å². The van der Waals surface area contributed by atoms with Crippen LogP contribution < -0.4 is 16.4 Å². The van der Waals surface area contributed by atoms with Crippen molar-refractivity contribution < 1.29 is 4.39 Å². The molecule has 7 nitrogen and oxygen atoms in total. The smallest absolute Gasteiger partial charge is 0.191 e. The highest BCUT2D eigenvalue weighted by molar-refractivity contribution is 14.0. The molecule has 0 fully saturated rings. The van der Waals surface area contributed by atoms with Crippen molar-refractivity contribution in [1.29, 1.82) is 5.26 Å². The second kappa shape index (κ2) is 12.3. The van der Waals surface area contributed by atoms with Crippen LogP contribution in [0.4, 0.5) is 10.2 Å². The first-order valence-electron chi connectivity index (χ1n) is 9.70. The van der Waals surface area contributed by atoms with Gasteiger partial charge in [0, 0.05) is 18.0 Å². The SMILES string of the molecule is CCNC(=NCc1cccs1)NCCCc1nn(-c2ccc(F)cc2)c(N)c1C#N.I. The predicted molar refractivity (Wildman–Crippen MR) is 134 cm³/mol. The third-order valence-corrected chi connectivity index (χ3v) is 5.24. The van der Waals surface area contributed by atoms with Crippen LogP contribution in [0.25, 0.3) is 5.69 Å². The number of hydrogen-bond donors (Lipinski definition) is 3. The Bertz CT molecular complexity index is 1020. The fraction of sp³-hybridized carbons (Fsp3) is 0.286. The number of nitriles is 1. The van der Waals surface area contributed by atoms with Crippen LogP contribution in [0.1, 0.15) is 29.5 Å². The summed E-state index contributed by atoms with van der Waals surface area (Å²) in [7, 11) is 0. The Morgan fingerprint density at radius 1 is 1.29 bits per heavy atom. The molecular formula is C21H25FIN7S. The van der Waals surface area contributed by atoms with Gasteiger partial charge in [0.25, 0.3) is 0 Å². The van der Waals surface area contributed by atoms with Gasteiger partial charge in [0.1, 0.15) is 23.3 Å². The maximum Gasteiger partial charge on any atom is 0.191 e. The molecule has 0 aliphatic rings. The number of aromatic nitrogens is 2. The van der Waals surface area contributed by atoms with Crippen LogP contribution in [-0.2, 0) is 13.0 Å². The molecule has 1 aromatic carbocycles. The summed E-state index contributed by atoms with van der Waals surface area (Å²) in [6, 6.07) is 12.0. The van der Waals surface area contributed by atoms with E-state index < -0.39 is 0 Å². The van der Waals surface area contributed by atoms with E-state index in [-0.39, 0.29) is 35.6 Å². The molecule has 0 saturated carbocycles. The lowest BCUT2D eigenvalue weighted by Gasteiger charge is -2.10. The Hall–Kier alpha value is -2.65. The van der Waals surface area contributed by atoms with Gasteiger partial charge in [0.2, 0.25) is 0 Å². The van der Waals surface area contributed by atoms with Gasteiger partial charge in [-0.25, -0.2) is 14.1 Å². The number of guanidine groups is 1. The van der Waals surface area contributed by atoms with Gasteiger partial charge in [0.05, 0.1) is 17.9 Å². The first-order chi connectivity index (χ1) is 14.6. The molecule has 0 atom stereocenters. The molecule has 3 aromatic rings. The van der Waals surface area contributed by atoms with Crippen molar-refractivity contribution in [3.05, 3.63) is 63.7 Å². The Morgan fingerprint density at radius 3 is 2.71 bits per heavy atom. The maximum atomic E-state index is 13.2. The largest absolute Gasteiger partial charge is 0.382 e. The molecular weight excluding hydrogens is 528 g/mol. The van der Waals surface area contributed by atoms with Gasteiger partial charge >= 0.3 is 0 Å². The highest BCUT2D eigenvalue weighted by Gasteiger charge is 2.16. The molecule has 0 amide bonds. The van der Waals surface area contributed by atoms with Crippen molar-refractivity contribution >= 4 is 47.1 Å². The summed E-state index contributed by atoms with van der Waals surface area (Å²) < 4.78 is 14.7. The Morgan fingerprint density at radius 2 is 2.06 bits per heavy atom. The lowest BCUT2D eigenvalue weighted by atomic mass is 10.1. The number of anilines is 1. The molecule has 0 unspecified atom stereocenters. The molecule has 0 saturated heterocycles. The number of nitrogens with two attached hydrogens (primary N) is 1. The van der Waals surface area contributed by atoms with Crippen molar-refractivity contribution in [3.8, 4) is 11.8 Å². The van der Waals surface area contributed by atoms with Gasteiger partial charge in [-0.1, -0.05) is 6.07 Å². The van der Waals surface area contributed by atoms with E-state index in [0.29, 0.717) is 36.5 Å². The summed E-state index contributed by atoms with van der Waals surface area (Å²) >= 11 is 1.68. The number of benzene rings is 1. The summed E-state index contributed by atoms with van der Waals surface area (Å²) in [6.07, 6.45) is 1.33. The number of nitrogen functional groups attached to an aromatic ring is 1. The first-order valence-corrected chi connectivity index (χ1v) is 10.6. The molecule has 3 rings (SSSR count). The fourth-order valence-electron chi connectivity index (χ4n) is 2.92. The van der Waals surface area contributed by atoms with Crippen molar-refractivity contribution in [2.24, 2.45) is 4.99 Å². The Labute approximate surface area is 202 Å². The number of nitrogens with zero attached hydrogens (tertiary/aromatic N) is 4. The number of aliphatic imine (C=N–C) groups is 1. The lowest BCUT2D eigenvalue weighted by Crippen LogP contribution is -2.37. The lowest BCUT2D eigenvalue weighted by molar-refractivity contribution is 0.627. The van der Waals surface area contributed by atoms with Crippen LogP contribution in [0.3, 0.4) is 0 Å². The number of aryl methyl sites for hydroxylation is 1. The summed E-state index contributed by atoms with van der Waals surface area (Å²) in [6.45, 7) is 4.09. The zero-order valence-electron chi connectivity index (χ0n) is 17.1. The quantitative estimate of drug-likeness (QED) is 0.170. The highest BCUT2D eigenvalue weighted by atomic mass is 127. The number of nitrogens with one attached hydrogen (secondary N) is 2. The molecule has 31 heavy (non-hydrogen) atoms. The summed E-state index contributed by atoms with van der Waals surface area (Å²) in [5.41, 5.74) is 7.70. The molecule has 10 heteroatoms. The van der Waals surface area contributed by atoms with Gasteiger partial charge in [0.15, 0.2) is 5.96 Å². The second-order valence-electron chi connectivity index (χ2n) is 6.51. The van der Waals surface area contributed by atoms with Crippen molar-refractivity contribution in [1.82, 2.24) is 20.4 Å². The average Bonchev–Trinajstić information content (AvgIpc) is 3.37. The third-order valence-electron chi connectivity index (χ3n) is 4.38. The molecule has 0 radical (unpaired) electrons. The standard InChI is InChI=1S/C21H24FN7S.HI/c1-2-25-21(27-14-17-5-4-12-30-17)26-11-3-6-19-18(13-23)20(24)29(28-19)16-9-7-15(22)8-10-16;/h4-5,7-10,12H,2-3,6,11,14,24H2,1H3,(H2,25,26,27);1H. The van der Waals surface area contributed by atoms with Crippen molar-refractivity contribution in [2.75, 3.05) is 18.8 Å². The zero-order chi connectivity index (χ0) is 21.3. The molecule has 0 aliphatic heterocycles. The second-order valence-corrected chi connectivity index (χ2v) is 7.54. The number of halogens is 2. The van der Waals surface area contributed by atoms with E-state index in [1.165, 1.54) is 21.7 Å². The van der Waals surface area contributed by atoms with Crippen LogP contribution in [-0.4, -0.2) is 28.8 Å². The van der Waals surface area contributed by atoms with E-state index in [0.717, 1.165) is 18.9 Å². The third kappa shape index (κ3) is 6.67. The number of rotatable bonds is 8. The molecule has 164 valence electrons. The minimum Gasteiger partial charge on any atom is -0.382 e. The van der Waals surface area contributed by atoms with E-state index >= 15 is 0 Å². The normalized spacial score (nSPS) is 10.9. The molecule has 4 N–H and O–H groups in total. The predicted octanol–water partition coefficient (Wildman–Crippen LogP) is 3.83. The van der Waals surface area contributed by atoms with E-state index in [1.807, 2.05) is 18.4 Å². The van der Waals surface area contributed by atoms with Crippen LogP contribution in [0.15, 0.2) is 46.8 Å². The monoisotopic (exact) mass is 553 g/mol. The molecule has 2 heterocycles. The summed E-state index contributed by atoms with van der Waals surface area (Å²) in [4.78, 5) is 5.78. The summed E-state index contributed by atoms with van der Waals surface area (Å²) in [5, 5.41) is 22.5. The zero-order valence-corrected chi connectivity index (χ0v) is 20.3. The van der Waals surface area contributed by atoms with E-state index in [2.05, 4.69) is 32.9 Å². The molecule has 0 spiro atoms. The minimum atomic E-state index is -0.339. The van der Waals surface area contributed by atoms with E-state index in [4.69, 9.17) is 5.73 Å². The average molecular weight is 553 g/mol. The van der Waals surface area contributed by atoms with Crippen LogP contribution in [0, 0.1) is 17.1 Å². The first kappa shape index (κ1) is 24.6. The van der Waals surface area contributed by atoms with Crippen LogP contribution in [0.5, 0.6) is 0 Å². The Balaban J connectivity index is 0.00000341. The molecule has 0 aliphatic carbocycles. The fourth-order valence-corrected chi connectivity index (χ4v) is 3.55. The maximum absolute atomic E-state index is 13.2. The van der Waals surface area contributed by atoms with Crippen LogP contribution >= 0.6 is 35.3 Å². The van der Waals surface area contributed by atoms with Gasteiger partial charge in [-0.3, -0.25) is 0 Å². The van der Waals surface area contributed by atoms with Crippen molar-refractivity contribution in [2.45, 2.75) is 26.3 Å². The van der Waals surface area contributed by atoms with E-state index in [1.54, 1.807) is 23.5 Å². The topological polar surface area (TPSA) is 104 Å². The van der Waals surface area contributed by atoms with Gasteiger partial charge in [-0.2, -0.15) is 10.4 Å². The molecule has 2 aromatic heterocycles. The minimum absolute atomic E-state index is 0. The number of thiophene rings is 1.